The molecule has 39 heavy (non-hydrogen) atoms. The van der Waals surface area contributed by atoms with Crippen LogP contribution < -0.4 is 15.4 Å². The zero-order chi connectivity index (χ0) is 27.7. The molecule has 5 rings (SSSR count). The number of fused-ring (bicyclic) bond motifs is 1. The summed E-state index contributed by atoms with van der Waals surface area (Å²) < 4.78 is 11.9. The number of halogens is 1. The van der Waals surface area contributed by atoms with Crippen LogP contribution in [0.3, 0.4) is 0 Å². The first-order valence-corrected chi connectivity index (χ1v) is 13.9. The van der Waals surface area contributed by atoms with Crippen molar-refractivity contribution in [2.24, 2.45) is 11.8 Å². The molecule has 3 amide bonds. The van der Waals surface area contributed by atoms with Crippen LogP contribution in [0.5, 0.6) is 5.75 Å². The summed E-state index contributed by atoms with van der Waals surface area (Å²) in [5.41, 5.74) is 0.768. The zero-order valence-corrected chi connectivity index (χ0v) is 22.9. The molecule has 2 bridgehead atoms. The normalized spacial score (nSPS) is 27.0. The quantitative estimate of drug-likeness (QED) is 0.384. The standard InChI is InChI=1S/C29H34ClN3O6/c1-3-38-19-11-9-18(10-12-19)31-26(35)22-21-13-14-29(39-21)23(22)28(37)33(15-4-5-16-34)25(29)27(36)32-24-17(2)7-6-8-20(24)30/h6-12,21-23,25,34H,3-5,13-16H2,1-2H3,(H,31,35)(H,32,36)/t21-,22+,23+,25?,29?/m1/s1. The molecule has 3 aliphatic rings. The number of aliphatic hydroxyl groups excluding tert-OH is 1. The van der Waals surface area contributed by atoms with E-state index in [0.29, 0.717) is 54.4 Å². The number of carbonyl (C=O) groups excluding carboxylic acids is 3. The lowest BCUT2D eigenvalue weighted by Crippen LogP contribution is -2.53. The van der Waals surface area contributed by atoms with Crippen molar-refractivity contribution >= 4 is 40.7 Å². The van der Waals surface area contributed by atoms with Crippen LogP contribution in [-0.4, -0.2) is 65.2 Å². The number of unbranched alkanes of at least 4 members (excludes halogenated alkanes) is 1. The molecule has 2 unspecified atom stereocenters. The van der Waals surface area contributed by atoms with E-state index < -0.39 is 29.6 Å². The van der Waals surface area contributed by atoms with Crippen molar-refractivity contribution in [2.75, 3.05) is 30.4 Å². The maximum absolute atomic E-state index is 13.9. The smallest absolute Gasteiger partial charge is 0.250 e. The average molecular weight is 556 g/mol. The summed E-state index contributed by atoms with van der Waals surface area (Å²) >= 11 is 6.39. The average Bonchev–Trinajstić information content (AvgIpc) is 3.55. The highest BCUT2D eigenvalue weighted by molar-refractivity contribution is 6.34. The Hall–Kier alpha value is -3.14. The second-order valence-corrected chi connectivity index (χ2v) is 10.8. The molecule has 5 atom stereocenters. The van der Waals surface area contributed by atoms with Gasteiger partial charge < -0.3 is 30.1 Å². The molecule has 3 heterocycles. The molecule has 10 heteroatoms. The van der Waals surface area contributed by atoms with Gasteiger partial charge in [-0.05, 0) is 75.4 Å². The molecule has 3 N–H and O–H groups in total. The highest BCUT2D eigenvalue weighted by atomic mass is 35.5. The van der Waals surface area contributed by atoms with Gasteiger partial charge in [0.15, 0.2) is 0 Å². The predicted octanol–water partition coefficient (Wildman–Crippen LogP) is 3.77. The minimum Gasteiger partial charge on any atom is -0.494 e. The van der Waals surface area contributed by atoms with E-state index in [1.807, 2.05) is 19.9 Å². The number of ether oxygens (including phenoxy) is 2. The minimum atomic E-state index is -1.11. The first-order chi connectivity index (χ1) is 18.8. The number of amides is 3. The second kappa shape index (κ2) is 11.2. The van der Waals surface area contributed by atoms with Gasteiger partial charge >= 0.3 is 0 Å². The highest BCUT2D eigenvalue weighted by Gasteiger charge is 2.74. The number of hydrogen-bond acceptors (Lipinski definition) is 6. The summed E-state index contributed by atoms with van der Waals surface area (Å²) in [6.45, 7) is 4.55. The number of aliphatic hydroxyl groups is 1. The van der Waals surface area contributed by atoms with Crippen molar-refractivity contribution in [2.45, 2.75) is 57.3 Å². The largest absolute Gasteiger partial charge is 0.494 e. The third kappa shape index (κ3) is 4.88. The number of benzene rings is 2. The van der Waals surface area contributed by atoms with Crippen LogP contribution in [0.2, 0.25) is 5.02 Å². The Bertz CT molecular complexity index is 1230. The first-order valence-electron chi connectivity index (χ1n) is 13.5. The third-order valence-electron chi connectivity index (χ3n) is 8.06. The Morgan fingerprint density at radius 3 is 2.62 bits per heavy atom. The van der Waals surface area contributed by atoms with Gasteiger partial charge in [-0.2, -0.15) is 0 Å². The van der Waals surface area contributed by atoms with E-state index in [2.05, 4.69) is 10.6 Å². The van der Waals surface area contributed by atoms with Crippen LogP contribution >= 0.6 is 11.6 Å². The lowest BCUT2D eigenvalue weighted by atomic mass is 9.70. The van der Waals surface area contributed by atoms with Gasteiger partial charge in [0.2, 0.25) is 17.7 Å². The summed E-state index contributed by atoms with van der Waals surface area (Å²) in [5, 5.41) is 15.6. The lowest BCUT2D eigenvalue weighted by molar-refractivity contribution is -0.139. The van der Waals surface area contributed by atoms with E-state index in [-0.39, 0.29) is 30.9 Å². The fourth-order valence-electron chi connectivity index (χ4n) is 6.40. The number of nitrogens with zero attached hydrogens (tertiary/aromatic N) is 1. The summed E-state index contributed by atoms with van der Waals surface area (Å²) in [4.78, 5) is 42.9. The summed E-state index contributed by atoms with van der Waals surface area (Å²) in [6.07, 6.45) is 1.62. The van der Waals surface area contributed by atoms with Gasteiger partial charge in [-0.3, -0.25) is 14.4 Å². The van der Waals surface area contributed by atoms with Gasteiger partial charge in [-0.25, -0.2) is 0 Å². The van der Waals surface area contributed by atoms with Gasteiger partial charge in [-0.15, -0.1) is 0 Å². The molecule has 9 nitrogen and oxygen atoms in total. The van der Waals surface area contributed by atoms with Crippen LogP contribution in [0.1, 0.15) is 38.2 Å². The number of likely N-dealkylation sites (tertiary alicyclic amines) is 1. The van der Waals surface area contributed by atoms with Crippen LogP contribution in [0.25, 0.3) is 0 Å². The fourth-order valence-corrected chi connectivity index (χ4v) is 6.67. The van der Waals surface area contributed by atoms with Gasteiger partial charge in [0.1, 0.15) is 17.4 Å². The first kappa shape index (κ1) is 27.4. The molecular weight excluding hydrogens is 522 g/mol. The molecule has 3 saturated heterocycles. The minimum absolute atomic E-state index is 0.0159. The molecule has 0 aromatic heterocycles. The Labute approximate surface area is 232 Å². The van der Waals surface area contributed by atoms with Gasteiger partial charge in [0.05, 0.1) is 35.3 Å². The number of nitrogens with one attached hydrogen (secondary N) is 2. The number of rotatable bonds is 10. The van der Waals surface area contributed by atoms with Gasteiger partial charge in [0, 0.05) is 18.8 Å². The molecule has 208 valence electrons. The van der Waals surface area contributed by atoms with Crippen LogP contribution in [0.15, 0.2) is 42.5 Å². The van der Waals surface area contributed by atoms with E-state index in [9.17, 15) is 19.5 Å². The maximum Gasteiger partial charge on any atom is 0.250 e. The predicted molar refractivity (Wildman–Crippen MR) is 147 cm³/mol. The fraction of sp³-hybridized carbons (Fsp3) is 0.483. The van der Waals surface area contributed by atoms with Crippen LogP contribution in [-0.2, 0) is 19.1 Å². The maximum atomic E-state index is 13.9. The number of aryl methyl sites for hydroxylation is 1. The van der Waals surface area contributed by atoms with Crippen molar-refractivity contribution in [1.82, 2.24) is 4.90 Å². The molecule has 0 saturated carbocycles. The number of anilines is 2. The molecular formula is C29H34ClN3O6. The Morgan fingerprint density at radius 2 is 1.92 bits per heavy atom. The van der Waals surface area contributed by atoms with Gasteiger partial charge in [0.25, 0.3) is 0 Å². The summed E-state index contributed by atoms with van der Waals surface area (Å²) in [5.74, 6) is -1.77. The van der Waals surface area contributed by atoms with Crippen molar-refractivity contribution in [3.63, 3.8) is 0 Å². The van der Waals surface area contributed by atoms with Crippen molar-refractivity contribution in [1.29, 1.82) is 0 Å². The molecule has 0 aliphatic carbocycles. The van der Waals surface area contributed by atoms with E-state index in [0.717, 1.165) is 5.56 Å². The molecule has 1 spiro atoms. The Morgan fingerprint density at radius 1 is 1.15 bits per heavy atom. The van der Waals surface area contributed by atoms with E-state index in [4.69, 9.17) is 21.1 Å². The molecule has 2 aromatic carbocycles. The van der Waals surface area contributed by atoms with Gasteiger partial charge in [-0.1, -0.05) is 23.7 Å². The zero-order valence-electron chi connectivity index (χ0n) is 22.1. The van der Waals surface area contributed by atoms with Crippen LogP contribution in [0, 0.1) is 18.8 Å². The topological polar surface area (TPSA) is 117 Å². The van der Waals surface area contributed by atoms with E-state index in [1.165, 1.54) is 0 Å². The summed E-state index contributed by atoms with van der Waals surface area (Å²) in [7, 11) is 0. The van der Waals surface area contributed by atoms with Crippen molar-refractivity contribution in [3.8, 4) is 5.75 Å². The lowest BCUT2D eigenvalue weighted by Gasteiger charge is -2.33. The second-order valence-electron chi connectivity index (χ2n) is 10.4. The van der Waals surface area contributed by atoms with E-state index in [1.54, 1.807) is 41.3 Å². The number of hydrogen-bond donors (Lipinski definition) is 3. The number of carbonyl (C=O) groups is 3. The molecule has 2 aromatic rings. The summed E-state index contributed by atoms with van der Waals surface area (Å²) in [6, 6.07) is 11.5. The van der Waals surface area contributed by atoms with Crippen LogP contribution in [0.4, 0.5) is 11.4 Å². The van der Waals surface area contributed by atoms with E-state index >= 15 is 0 Å². The third-order valence-corrected chi connectivity index (χ3v) is 8.38. The molecule has 3 fully saturated rings. The number of para-hydroxylation sites is 1. The van der Waals surface area contributed by atoms with Crippen molar-refractivity contribution < 1.29 is 29.0 Å². The Balaban J connectivity index is 1.43. The highest BCUT2D eigenvalue weighted by Crippen LogP contribution is 2.58. The molecule has 3 aliphatic heterocycles. The molecule has 0 radical (unpaired) electrons. The monoisotopic (exact) mass is 555 g/mol. The Kier molecular flexibility index (Phi) is 7.84. The SMILES string of the molecule is CCOc1ccc(NC(=O)[C@@H]2[C@H]3C(=O)N(CCCCO)C(C(=O)Nc4c(C)cccc4Cl)C34CC[C@H]2O4)cc1. The van der Waals surface area contributed by atoms with Crippen molar-refractivity contribution in [3.05, 3.63) is 53.1 Å².